The van der Waals surface area contributed by atoms with Crippen LogP contribution in [0.4, 0.5) is 4.39 Å². The smallest absolute Gasteiger partial charge is 0.231 e. The van der Waals surface area contributed by atoms with Crippen LogP contribution in [0.15, 0.2) is 42.5 Å². The van der Waals surface area contributed by atoms with Crippen LogP contribution in [0.2, 0.25) is 0 Å². The van der Waals surface area contributed by atoms with E-state index in [2.05, 4.69) is 5.32 Å². The second-order valence-electron chi connectivity index (χ2n) is 6.26. The molecule has 0 aromatic heterocycles. The zero-order chi connectivity index (χ0) is 16.6. The first kappa shape index (κ1) is 15.0. The Balaban J connectivity index is 1.38. The highest BCUT2D eigenvalue weighted by Gasteiger charge is 2.52. The lowest BCUT2D eigenvalue weighted by molar-refractivity contribution is -0.123. The van der Waals surface area contributed by atoms with Gasteiger partial charge in [0.15, 0.2) is 11.5 Å². The predicted molar refractivity (Wildman–Crippen MR) is 86.6 cm³/mol. The van der Waals surface area contributed by atoms with Crippen LogP contribution in [-0.4, -0.2) is 19.2 Å². The lowest BCUT2D eigenvalue weighted by Gasteiger charge is -2.16. The Morgan fingerprint density at radius 3 is 2.71 bits per heavy atom. The third-order valence-electron chi connectivity index (χ3n) is 4.71. The summed E-state index contributed by atoms with van der Waals surface area (Å²) >= 11 is 0. The number of nitrogens with one attached hydrogen (secondary N) is 1. The van der Waals surface area contributed by atoms with Crippen LogP contribution in [0.1, 0.15) is 24.0 Å². The molecule has 4 nitrogen and oxygen atoms in total. The molecule has 1 heterocycles. The maximum Gasteiger partial charge on any atom is 0.231 e. The molecule has 1 fully saturated rings. The van der Waals surface area contributed by atoms with E-state index in [-0.39, 0.29) is 18.5 Å². The van der Waals surface area contributed by atoms with Gasteiger partial charge >= 0.3 is 0 Å². The average molecular weight is 327 g/mol. The molecule has 0 radical (unpaired) electrons. The number of amides is 1. The van der Waals surface area contributed by atoms with E-state index in [1.165, 1.54) is 6.07 Å². The fourth-order valence-corrected chi connectivity index (χ4v) is 3.18. The maximum absolute atomic E-state index is 14.0. The number of carbonyl (C=O) groups excluding carboxylic acids is 1. The summed E-state index contributed by atoms with van der Waals surface area (Å²) < 4.78 is 24.6. The molecule has 1 aliphatic carbocycles. The summed E-state index contributed by atoms with van der Waals surface area (Å²) in [7, 11) is 0. The SMILES string of the molecule is O=C(NCCc1ccc2c(c1)OCO2)C1(c2ccccc2F)CC1. The van der Waals surface area contributed by atoms with E-state index in [1.54, 1.807) is 18.2 Å². The second-order valence-corrected chi connectivity index (χ2v) is 6.26. The van der Waals surface area contributed by atoms with Gasteiger partial charge < -0.3 is 14.8 Å². The molecule has 4 rings (SSSR count). The summed E-state index contributed by atoms with van der Waals surface area (Å²) in [5, 5.41) is 2.95. The van der Waals surface area contributed by atoms with Crippen molar-refractivity contribution in [3.8, 4) is 11.5 Å². The summed E-state index contributed by atoms with van der Waals surface area (Å²) in [6.07, 6.45) is 2.09. The third kappa shape index (κ3) is 2.60. The number of carbonyl (C=O) groups is 1. The van der Waals surface area contributed by atoms with Gasteiger partial charge in [0.05, 0.1) is 5.41 Å². The zero-order valence-electron chi connectivity index (χ0n) is 13.2. The molecule has 1 aliphatic heterocycles. The molecule has 2 aromatic carbocycles. The van der Waals surface area contributed by atoms with Crippen molar-refractivity contribution in [3.05, 3.63) is 59.4 Å². The van der Waals surface area contributed by atoms with E-state index in [0.717, 1.165) is 17.1 Å². The van der Waals surface area contributed by atoms with Gasteiger partial charge in [0.2, 0.25) is 12.7 Å². The highest BCUT2D eigenvalue weighted by molar-refractivity contribution is 5.91. The number of rotatable bonds is 5. The van der Waals surface area contributed by atoms with Crippen LogP contribution in [-0.2, 0) is 16.6 Å². The Kier molecular flexibility index (Phi) is 3.63. The minimum atomic E-state index is -0.680. The van der Waals surface area contributed by atoms with Crippen LogP contribution in [0.5, 0.6) is 11.5 Å². The summed E-state index contributed by atoms with van der Waals surface area (Å²) in [6, 6.07) is 12.3. The van der Waals surface area contributed by atoms with Crippen molar-refractivity contribution in [1.82, 2.24) is 5.32 Å². The molecule has 24 heavy (non-hydrogen) atoms. The fraction of sp³-hybridized carbons (Fsp3) is 0.316. The number of benzene rings is 2. The molecule has 1 amide bonds. The number of halogens is 1. The summed E-state index contributed by atoms with van der Waals surface area (Å²) in [4.78, 5) is 12.5. The summed E-state index contributed by atoms with van der Waals surface area (Å²) in [5.41, 5.74) is 0.890. The van der Waals surface area contributed by atoms with Crippen LogP contribution < -0.4 is 14.8 Å². The van der Waals surface area contributed by atoms with Gasteiger partial charge in [-0.3, -0.25) is 4.79 Å². The number of fused-ring (bicyclic) bond motifs is 1. The molecule has 0 bridgehead atoms. The zero-order valence-corrected chi connectivity index (χ0v) is 13.2. The number of hydrogen-bond donors (Lipinski definition) is 1. The van der Waals surface area contributed by atoms with Crippen molar-refractivity contribution in [2.45, 2.75) is 24.7 Å². The van der Waals surface area contributed by atoms with Gasteiger partial charge in [-0.1, -0.05) is 24.3 Å². The minimum Gasteiger partial charge on any atom is -0.454 e. The largest absolute Gasteiger partial charge is 0.454 e. The normalized spacial score (nSPS) is 16.7. The molecule has 0 atom stereocenters. The van der Waals surface area contributed by atoms with Crippen molar-refractivity contribution in [2.24, 2.45) is 0 Å². The van der Waals surface area contributed by atoms with E-state index in [4.69, 9.17) is 9.47 Å². The van der Waals surface area contributed by atoms with Gasteiger partial charge in [-0.25, -0.2) is 4.39 Å². The topological polar surface area (TPSA) is 47.6 Å². The Bertz CT molecular complexity index is 786. The monoisotopic (exact) mass is 327 g/mol. The van der Waals surface area contributed by atoms with Crippen LogP contribution in [0.3, 0.4) is 0 Å². The van der Waals surface area contributed by atoms with Crippen LogP contribution in [0.25, 0.3) is 0 Å². The predicted octanol–water partition coefficient (Wildman–Crippen LogP) is 2.94. The Morgan fingerprint density at radius 1 is 1.12 bits per heavy atom. The standard InChI is InChI=1S/C19H18FNO3/c20-15-4-2-1-3-14(15)19(8-9-19)18(22)21-10-7-13-5-6-16-17(11-13)24-12-23-16/h1-6,11H,7-10,12H2,(H,21,22). The third-order valence-corrected chi connectivity index (χ3v) is 4.71. The maximum atomic E-state index is 14.0. The van der Waals surface area contributed by atoms with Crippen molar-refractivity contribution < 1.29 is 18.7 Å². The van der Waals surface area contributed by atoms with E-state index in [9.17, 15) is 9.18 Å². The number of hydrogen-bond acceptors (Lipinski definition) is 3. The average Bonchev–Trinajstić information content (AvgIpc) is 3.26. The molecule has 2 aliphatic rings. The first-order valence-corrected chi connectivity index (χ1v) is 8.11. The number of ether oxygens (including phenoxy) is 2. The fourth-order valence-electron chi connectivity index (χ4n) is 3.18. The van der Waals surface area contributed by atoms with Crippen LogP contribution >= 0.6 is 0 Å². The molecule has 0 spiro atoms. The van der Waals surface area contributed by atoms with Gasteiger partial charge in [-0.15, -0.1) is 0 Å². The highest BCUT2D eigenvalue weighted by Crippen LogP contribution is 2.49. The van der Waals surface area contributed by atoms with E-state index in [1.807, 2.05) is 18.2 Å². The van der Waals surface area contributed by atoms with Gasteiger partial charge in [0.1, 0.15) is 5.82 Å². The molecular weight excluding hydrogens is 309 g/mol. The molecule has 0 unspecified atom stereocenters. The molecule has 1 saturated carbocycles. The van der Waals surface area contributed by atoms with Crippen molar-refractivity contribution in [2.75, 3.05) is 13.3 Å². The van der Waals surface area contributed by atoms with E-state index < -0.39 is 5.41 Å². The molecule has 1 N–H and O–H groups in total. The van der Waals surface area contributed by atoms with Crippen molar-refractivity contribution in [1.29, 1.82) is 0 Å². The first-order valence-electron chi connectivity index (χ1n) is 8.11. The Hall–Kier alpha value is -2.56. The summed E-state index contributed by atoms with van der Waals surface area (Å²) in [5.74, 6) is 1.09. The van der Waals surface area contributed by atoms with Crippen molar-refractivity contribution >= 4 is 5.91 Å². The lowest BCUT2D eigenvalue weighted by atomic mass is 9.94. The lowest BCUT2D eigenvalue weighted by Crippen LogP contribution is -2.36. The first-order chi connectivity index (χ1) is 11.7. The molecule has 124 valence electrons. The van der Waals surface area contributed by atoms with E-state index in [0.29, 0.717) is 31.4 Å². The van der Waals surface area contributed by atoms with Gasteiger partial charge in [-0.2, -0.15) is 0 Å². The Morgan fingerprint density at radius 2 is 1.92 bits per heavy atom. The van der Waals surface area contributed by atoms with Gasteiger partial charge in [0, 0.05) is 12.1 Å². The van der Waals surface area contributed by atoms with E-state index >= 15 is 0 Å². The van der Waals surface area contributed by atoms with Gasteiger partial charge in [-0.05, 0) is 43.0 Å². The summed E-state index contributed by atoms with van der Waals surface area (Å²) in [6.45, 7) is 0.759. The van der Waals surface area contributed by atoms with Crippen molar-refractivity contribution in [3.63, 3.8) is 0 Å². The Labute approximate surface area is 139 Å². The second kappa shape index (κ2) is 5.82. The molecular formula is C19H18FNO3. The minimum absolute atomic E-state index is 0.0895. The molecule has 2 aromatic rings. The van der Waals surface area contributed by atoms with Crippen LogP contribution in [0, 0.1) is 5.82 Å². The van der Waals surface area contributed by atoms with Gasteiger partial charge in [0.25, 0.3) is 0 Å². The quantitative estimate of drug-likeness (QED) is 0.918. The molecule has 0 saturated heterocycles. The highest BCUT2D eigenvalue weighted by atomic mass is 19.1. The molecule has 5 heteroatoms.